The Bertz CT molecular complexity index is 575. The first-order chi connectivity index (χ1) is 9.43. The molecule has 0 N–H and O–H groups in total. The van der Waals surface area contributed by atoms with Crippen LogP contribution < -0.4 is 5.19 Å². The number of azide groups is 1. The van der Waals surface area contributed by atoms with E-state index in [2.05, 4.69) is 9.43 Å². The summed E-state index contributed by atoms with van der Waals surface area (Å²) in [7, 11) is -6.45. The molecule has 0 saturated heterocycles. The Morgan fingerprint density at radius 3 is 2.50 bits per heavy atom. The van der Waals surface area contributed by atoms with Crippen molar-refractivity contribution >= 4 is 23.8 Å². The topological polar surface area (TPSA) is 101 Å². The molecule has 0 bridgehead atoms. The zero-order chi connectivity index (χ0) is 15.1. The third-order valence-corrected chi connectivity index (χ3v) is 6.58. The summed E-state index contributed by atoms with van der Waals surface area (Å²) in [5.74, 6) is -0.362. The first-order valence-electron chi connectivity index (χ1n) is 6.06. The van der Waals surface area contributed by atoms with Crippen molar-refractivity contribution in [3.63, 3.8) is 0 Å². The number of nitrogens with zero attached hydrogens (tertiary/aromatic N) is 3. The third kappa shape index (κ3) is 4.95. The summed E-state index contributed by atoms with van der Waals surface area (Å²) in [6.45, 7) is 4.11. The highest BCUT2D eigenvalue weighted by molar-refractivity contribution is 7.90. The maximum Gasteiger partial charge on any atom is 0.369 e. The van der Waals surface area contributed by atoms with E-state index in [9.17, 15) is 8.42 Å². The molecule has 0 aromatic heterocycles. The second-order valence-electron chi connectivity index (χ2n) is 4.05. The van der Waals surface area contributed by atoms with Gasteiger partial charge in [0.1, 0.15) is 0 Å². The highest BCUT2D eigenvalue weighted by Crippen LogP contribution is 2.09. The maximum absolute atomic E-state index is 11.3. The Labute approximate surface area is 119 Å². The van der Waals surface area contributed by atoms with Crippen molar-refractivity contribution in [3.05, 3.63) is 40.8 Å². The predicted octanol–water partition coefficient (Wildman–Crippen LogP) is 1.66. The smallest absolute Gasteiger partial charge is 0.369 e. The van der Waals surface area contributed by atoms with Gasteiger partial charge in [-0.25, -0.2) is 8.42 Å². The van der Waals surface area contributed by atoms with Gasteiger partial charge in [-0.1, -0.05) is 30.3 Å². The summed E-state index contributed by atoms with van der Waals surface area (Å²) in [6, 6.07) is 9.42. The predicted molar refractivity (Wildman–Crippen MR) is 78.2 cm³/mol. The molecule has 0 heterocycles. The molecule has 7 nitrogen and oxygen atoms in total. The molecule has 0 aliphatic rings. The van der Waals surface area contributed by atoms with Crippen LogP contribution in [0.4, 0.5) is 0 Å². The summed E-state index contributed by atoms with van der Waals surface area (Å²) >= 11 is 0. The van der Waals surface area contributed by atoms with Crippen LogP contribution in [-0.4, -0.2) is 35.9 Å². The standard InChI is InChI=1S/C11H17N3O4SSi/c1-3-17-20(2,11-7-5-4-6-8-11)18-9-10-19(15,16)14-13-12/h4-8H,3,9-10H2,1-2H3. The zero-order valence-corrected chi connectivity index (χ0v) is 13.2. The van der Waals surface area contributed by atoms with Gasteiger partial charge >= 0.3 is 8.56 Å². The van der Waals surface area contributed by atoms with E-state index in [1.165, 1.54) is 0 Å². The molecule has 1 aromatic rings. The third-order valence-electron chi connectivity index (χ3n) is 2.60. The lowest BCUT2D eigenvalue weighted by atomic mass is 10.4. The largest absolute Gasteiger partial charge is 0.391 e. The molecule has 0 radical (unpaired) electrons. The second kappa shape index (κ2) is 7.41. The summed E-state index contributed by atoms with van der Waals surface area (Å²) in [6.07, 6.45) is 0. The van der Waals surface area contributed by atoms with E-state index in [1.54, 1.807) is 0 Å². The van der Waals surface area contributed by atoms with Gasteiger partial charge < -0.3 is 8.85 Å². The van der Waals surface area contributed by atoms with Crippen LogP contribution in [0.1, 0.15) is 6.92 Å². The second-order valence-corrected chi connectivity index (χ2v) is 8.83. The van der Waals surface area contributed by atoms with Crippen LogP contribution in [0.25, 0.3) is 10.4 Å². The number of benzene rings is 1. The van der Waals surface area contributed by atoms with Gasteiger partial charge in [-0.2, -0.15) is 0 Å². The Morgan fingerprint density at radius 1 is 1.30 bits per heavy atom. The summed E-state index contributed by atoms with van der Waals surface area (Å²) in [5, 5.41) is 0.919. The Balaban J connectivity index is 2.76. The van der Waals surface area contributed by atoms with E-state index in [4.69, 9.17) is 14.4 Å². The summed E-state index contributed by atoms with van der Waals surface area (Å²) < 4.78 is 36.7. The van der Waals surface area contributed by atoms with E-state index in [0.717, 1.165) is 5.19 Å². The van der Waals surface area contributed by atoms with Crippen LogP contribution in [0.15, 0.2) is 34.9 Å². The number of rotatable bonds is 8. The van der Waals surface area contributed by atoms with Crippen molar-refractivity contribution in [1.82, 2.24) is 0 Å². The summed E-state index contributed by atoms with van der Waals surface area (Å²) in [4.78, 5) is 2.28. The molecule has 0 spiro atoms. The van der Waals surface area contributed by atoms with Crippen molar-refractivity contribution < 1.29 is 17.3 Å². The van der Waals surface area contributed by atoms with Crippen molar-refractivity contribution in [2.45, 2.75) is 13.5 Å². The Morgan fingerprint density at radius 2 is 1.95 bits per heavy atom. The molecule has 0 amide bonds. The number of sulfonamides is 1. The highest BCUT2D eigenvalue weighted by Gasteiger charge is 2.34. The van der Waals surface area contributed by atoms with E-state index in [1.807, 2.05) is 43.8 Å². The first-order valence-corrected chi connectivity index (χ1v) is 9.98. The molecule has 1 unspecified atom stereocenters. The van der Waals surface area contributed by atoms with Gasteiger partial charge in [-0.3, -0.25) is 0 Å². The molecular formula is C11H17N3O4SSi. The van der Waals surface area contributed by atoms with Gasteiger partial charge in [-0.15, -0.1) is 0 Å². The molecule has 0 aliphatic carbocycles. The van der Waals surface area contributed by atoms with Crippen molar-refractivity contribution in [2.24, 2.45) is 4.52 Å². The minimum atomic E-state index is -3.80. The Hall–Kier alpha value is -1.38. The highest BCUT2D eigenvalue weighted by atomic mass is 32.2. The Kier molecular flexibility index (Phi) is 6.18. The molecular weight excluding hydrogens is 298 g/mol. The molecule has 0 aliphatic heterocycles. The zero-order valence-electron chi connectivity index (χ0n) is 11.4. The van der Waals surface area contributed by atoms with E-state index >= 15 is 0 Å². The molecule has 110 valence electrons. The van der Waals surface area contributed by atoms with Crippen LogP contribution in [0.3, 0.4) is 0 Å². The minimum absolute atomic E-state index is 0.0705. The van der Waals surface area contributed by atoms with E-state index in [-0.39, 0.29) is 12.4 Å². The molecule has 1 atom stereocenters. The molecule has 0 saturated carbocycles. The molecule has 0 fully saturated rings. The van der Waals surface area contributed by atoms with Crippen LogP contribution in [0.2, 0.25) is 6.55 Å². The normalized spacial score (nSPS) is 14.3. The summed E-state index contributed by atoms with van der Waals surface area (Å²) in [5.41, 5.74) is 8.15. The molecule has 1 aromatic carbocycles. The fraction of sp³-hybridized carbons (Fsp3) is 0.455. The van der Waals surface area contributed by atoms with Crippen LogP contribution in [0.5, 0.6) is 0 Å². The number of hydrogen-bond donors (Lipinski definition) is 0. The molecule has 1 rings (SSSR count). The minimum Gasteiger partial charge on any atom is -0.391 e. The lowest BCUT2D eigenvalue weighted by molar-refractivity contribution is 0.203. The molecule has 9 heteroatoms. The van der Waals surface area contributed by atoms with Gasteiger partial charge in [0.25, 0.3) is 0 Å². The van der Waals surface area contributed by atoms with Crippen LogP contribution in [-0.2, 0) is 18.9 Å². The number of hydrogen-bond acceptors (Lipinski definition) is 4. The van der Waals surface area contributed by atoms with Crippen LogP contribution in [0, 0.1) is 0 Å². The van der Waals surface area contributed by atoms with Gasteiger partial charge in [0.05, 0.1) is 12.4 Å². The van der Waals surface area contributed by atoms with Crippen LogP contribution >= 0.6 is 0 Å². The quantitative estimate of drug-likeness (QED) is 0.315. The fourth-order valence-electron chi connectivity index (χ4n) is 1.66. The SMILES string of the molecule is CCO[Si](C)(OCCS(=O)(=O)N=[N+]=[N-])c1ccccc1. The van der Waals surface area contributed by atoms with Gasteiger partial charge in [0.15, 0.2) is 0 Å². The van der Waals surface area contributed by atoms with Gasteiger partial charge in [-0.05, 0) is 24.2 Å². The fourth-order valence-corrected chi connectivity index (χ4v) is 4.55. The average Bonchev–Trinajstić information content (AvgIpc) is 2.39. The van der Waals surface area contributed by atoms with Gasteiger partial charge in [0.2, 0.25) is 10.0 Å². The monoisotopic (exact) mass is 315 g/mol. The average molecular weight is 315 g/mol. The first kappa shape index (κ1) is 16.7. The van der Waals surface area contributed by atoms with Gasteiger partial charge in [0, 0.05) is 16.0 Å². The van der Waals surface area contributed by atoms with Crippen molar-refractivity contribution in [1.29, 1.82) is 0 Å². The lowest BCUT2D eigenvalue weighted by Crippen LogP contribution is -2.51. The lowest BCUT2D eigenvalue weighted by Gasteiger charge is -2.26. The van der Waals surface area contributed by atoms with Crippen molar-refractivity contribution in [2.75, 3.05) is 19.0 Å². The van der Waals surface area contributed by atoms with E-state index < -0.39 is 18.6 Å². The van der Waals surface area contributed by atoms with E-state index in [0.29, 0.717) is 6.61 Å². The molecule has 20 heavy (non-hydrogen) atoms. The maximum atomic E-state index is 11.3. The van der Waals surface area contributed by atoms with Crippen molar-refractivity contribution in [3.8, 4) is 0 Å².